The molecule has 4 nitrogen and oxygen atoms in total. The normalized spacial score (nSPS) is 10.3. The fourth-order valence-corrected chi connectivity index (χ4v) is 1.82. The molecule has 2 rings (SSSR count). The smallest absolute Gasteiger partial charge is 0.0591 e. The minimum atomic E-state index is 0.543. The van der Waals surface area contributed by atoms with Gasteiger partial charge in [0.2, 0.25) is 0 Å². The van der Waals surface area contributed by atoms with Gasteiger partial charge in [-0.25, -0.2) is 0 Å². The molecule has 94 valence electrons. The van der Waals surface area contributed by atoms with E-state index in [1.54, 1.807) is 30.3 Å². The molecule has 5 heteroatoms. The Morgan fingerprint density at radius 3 is 2.44 bits per heavy atom. The van der Waals surface area contributed by atoms with Crippen LogP contribution in [0.2, 0.25) is 5.02 Å². The third-order valence-electron chi connectivity index (χ3n) is 2.65. The van der Waals surface area contributed by atoms with E-state index in [0.717, 1.165) is 11.3 Å². The van der Waals surface area contributed by atoms with Crippen molar-refractivity contribution >= 4 is 34.4 Å². The Hall–Kier alpha value is -2.07. The van der Waals surface area contributed by atoms with Gasteiger partial charge in [-0.3, -0.25) is 0 Å². The molecule has 0 spiro atoms. The predicted molar refractivity (Wildman–Crippen MR) is 78.5 cm³/mol. The lowest BCUT2D eigenvalue weighted by Gasteiger charge is -2.12. The molecule has 2 aromatic rings. The third-order valence-corrected chi connectivity index (χ3v) is 2.89. The van der Waals surface area contributed by atoms with Crippen molar-refractivity contribution in [3.8, 4) is 0 Å². The topological polar surface area (TPSA) is 90.1 Å². The van der Waals surface area contributed by atoms with E-state index >= 15 is 0 Å². The summed E-state index contributed by atoms with van der Waals surface area (Å²) < 4.78 is 0. The summed E-state index contributed by atoms with van der Waals surface area (Å²) in [6.45, 7) is 0.543. The van der Waals surface area contributed by atoms with Crippen molar-refractivity contribution in [3.05, 3.63) is 47.0 Å². The van der Waals surface area contributed by atoms with E-state index in [2.05, 4.69) is 5.32 Å². The number of nitrogen functional groups attached to an aromatic ring is 3. The van der Waals surface area contributed by atoms with Crippen LogP contribution in [0.4, 0.5) is 22.7 Å². The fourth-order valence-electron chi connectivity index (χ4n) is 1.65. The van der Waals surface area contributed by atoms with E-state index in [-0.39, 0.29) is 0 Å². The number of nitrogens with two attached hydrogens (primary N) is 3. The summed E-state index contributed by atoms with van der Waals surface area (Å²) in [5.41, 5.74) is 21.2. The molecule has 0 aliphatic heterocycles. The SMILES string of the molecule is Nc1ccc(N)c(CNc2cc(Cl)ccc2N)c1. The molecule has 0 aromatic heterocycles. The van der Waals surface area contributed by atoms with E-state index in [1.165, 1.54) is 0 Å². The Balaban J connectivity index is 2.16. The van der Waals surface area contributed by atoms with E-state index in [0.29, 0.717) is 28.6 Å². The second kappa shape index (κ2) is 5.06. The van der Waals surface area contributed by atoms with Crippen LogP contribution in [0, 0.1) is 0 Å². The predicted octanol–water partition coefficient (Wildman–Crippen LogP) is 2.70. The molecule has 0 fully saturated rings. The minimum absolute atomic E-state index is 0.543. The zero-order valence-corrected chi connectivity index (χ0v) is 10.5. The highest BCUT2D eigenvalue weighted by atomic mass is 35.5. The van der Waals surface area contributed by atoms with Crippen LogP contribution < -0.4 is 22.5 Å². The number of nitrogens with one attached hydrogen (secondary N) is 1. The minimum Gasteiger partial charge on any atom is -0.399 e. The molecule has 0 unspecified atom stereocenters. The van der Waals surface area contributed by atoms with Crippen molar-refractivity contribution in [2.24, 2.45) is 0 Å². The average Bonchev–Trinajstić information content (AvgIpc) is 2.34. The van der Waals surface area contributed by atoms with Crippen LogP contribution in [0.5, 0.6) is 0 Å². The van der Waals surface area contributed by atoms with Gasteiger partial charge in [0.15, 0.2) is 0 Å². The molecule has 0 saturated carbocycles. The van der Waals surface area contributed by atoms with Crippen molar-refractivity contribution in [2.45, 2.75) is 6.54 Å². The molecular weight excluding hydrogens is 248 g/mol. The molecule has 0 saturated heterocycles. The van der Waals surface area contributed by atoms with Crippen molar-refractivity contribution < 1.29 is 0 Å². The van der Waals surface area contributed by atoms with Crippen molar-refractivity contribution in [3.63, 3.8) is 0 Å². The van der Waals surface area contributed by atoms with Crippen LogP contribution in [-0.4, -0.2) is 0 Å². The van der Waals surface area contributed by atoms with Gasteiger partial charge >= 0.3 is 0 Å². The first-order chi connectivity index (χ1) is 8.56. The van der Waals surface area contributed by atoms with Gasteiger partial charge in [-0.15, -0.1) is 0 Å². The zero-order chi connectivity index (χ0) is 13.1. The molecule has 0 atom stereocenters. The average molecular weight is 263 g/mol. The molecule has 2 aromatic carbocycles. The highest BCUT2D eigenvalue weighted by Crippen LogP contribution is 2.24. The van der Waals surface area contributed by atoms with Crippen molar-refractivity contribution in [2.75, 3.05) is 22.5 Å². The van der Waals surface area contributed by atoms with Crippen molar-refractivity contribution in [1.82, 2.24) is 0 Å². The molecule has 0 bridgehead atoms. The largest absolute Gasteiger partial charge is 0.399 e. The monoisotopic (exact) mass is 262 g/mol. The number of rotatable bonds is 3. The molecule has 0 aliphatic carbocycles. The molecular formula is C13H15ClN4. The first-order valence-corrected chi connectivity index (χ1v) is 5.87. The highest BCUT2D eigenvalue weighted by Gasteiger charge is 2.03. The number of halogens is 1. The summed E-state index contributed by atoms with van der Waals surface area (Å²) in [5, 5.41) is 3.82. The first kappa shape index (κ1) is 12.4. The van der Waals surface area contributed by atoms with Crippen LogP contribution in [0.25, 0.3) is 0 Å². The molecule has 0 radical (unpaired) electrons. The second-order valence-corrected chi connectivity index (χ2v) is 4.48. The number of hydrogen-bond acceptors (Lipinski definition) is 4. The lowest BCUT2D eigenvalue weighted by molar-refractivity contribution is 1.16. The zero-order valence-electron chi connectivity index (χ0n) is 9.78. The van der Waals surface area contributed by atoms with Gasteiger partial charge in [-0.1, -0.05) is 11.6 Å². The molecule has 0 heterocycles. The van der Waals surface area contributed by atoms with E-state index in [1.807, 2.05) is 6.07 Å². The molecule has 18 heavy (non-hydrogen) atoms. The summed E-state index contributed by atoms with van der Waals surface area (Å²) in [5.74, 6) is 0. The third kappa shape index (κ3) is 2.78. The number of hydrogen-bond donors (Lipinski definition) is 4. The Morgan fingerprint density at radius 2 is 1.67 bits per heavy atom. The quantitative estimate of drug-likeness (QED) is 0.640. The molecule has 0 aliphatic rings. The standard InChI is InChI=1S/C13H15ClN4/c14-9-1-3-12(17)13(6-9)18-7-8-5-10(15)2-4-11(8)16/h1-6,18H,7,15-17H2. The maximum absolute atomic E-state index is 5.91. The Morgan fingerprint density at radius 1 is 0.944 bits per heavy atom. The number of benzene rings is 2. The maximum Gasteiger partial charge on any atom is 0.0591 e. The van der Waals surface area contributed by atoms with E-state index in [4.69, 9.17) is 28.8 Å². The Labute approximate surface area is 111 Å². The van der Waals surface area contributed by atoms with Crippen LogP contribution >= 0.6 is 11.6 Å². The summed E-state index contributed by atoms with van der Waals surface area (Å²) in [6, 6.07) is 10.7. The Kier molecular flexibility index (Phi) is 3.48. The van der Waals surface area contributed by atoms with Crippen molar-refractivity contribution in [1.29, 1.82) is 0 Å². The van der Waals surface area contributed by atoms with Gasteiger partial charge in [0, 0.05) is 22.9 Å². The first-order valence-electron chi connectivity index (χ1n) is 5.49. The number of anilines is 4. The second-order valence-electron chi connectivity index (χ2n) is 4.04. The summed E-state index contributed by atoms with van der Waals surface area (Å²) in [6.07, 6.45) is 0. The summed E-state index contributed by atoms with van der Waals surface area (Å²) in [7, 11) is 0. The van der Waals surface area contributed by atoms with Gasteiger partial charge < -0.3 is 22.5 Å². The Bertz CT molecular complexity index is 517. The highest BCUT2D eigenvalue weighted by molar-refractivity contribution is 6.31. The van der Waals surface area contributed by atoms with Crippen LogP contribution in [0.3, 0.4) is 0 Å². The van der Waals surface area contributed by atoms with E-state index in [9.17, 15) is 0 Å². The lowest BCUT2D eigenvalue weighted by Crippen LogP contribution is -2.05. The fraction of sp³-hybridized carbons (Fsp3) is 0.0769. The van der Waals surface area contributed by atoms with Gasteiger partial charge in [-0.2, -0.15) is 0 Å². The van der Waals surface area contributed by atoms with E-state index < -0.39 is 0 Å². The molecule has 7 N–H and O–H groups in total. The van der Waals surface area contributed by atoms with Crippen LogP contribution in [-0.2, 0) is 6.54 Å². The van der Waals surface area contributed by atoms with Crippen LogP contribution in [0.15, 0.2) is 36.4 Å². The van der Waals surface area contributed by atoms with Crippen LogP contribution in [0.1, 0.15) is 5.56 Å². The van der Waals surface area contributed by atoms with Gasteiger partial charge in [0.05, 0.1) is 11.4 Å². The van der Waals surface area contributed by atoms with Gasteiger partial charge in [0.1, 0.15) is 0 Å². The van der Waals surface area contributed by atoms with Gasteiger partial charge in [-0.05, 0) is 42.0 Å². The summed E-state index contributed by atoms with van der Waals surface area (Å²) >= 11 is 5.91. The molecule has 0 amide bonds. The summed E-state index contributed by atoms with van der Waals surface area (Å²) in [4.78, 5) is 0. The maximum atomic E-state index is 5.91. The lowest BCUT2D eigenvalue weighted by atomic mass is 10.1. The van der Waals surface area contributed by atoms with Gasteiger partial charge in [0.25, 0.3) is 0 Å².